The van der Waals surface area contributed by atoms with Crippen molar-refractivity contribution in [2.75, 3.05) is 18.5 Å². The number of hydrogen-bond acceptors (Lipinski definition) is 3. The maximum Gasteiger partial charge on any atom is 0.137 e. The predicted octanol–water partition coefficient (Wildman–Crippen LogP) is 3.91. The number of benzene rings is 1. The summed E-state index contributed by atoms with van der Waals surface area (Å²) in [6, 6.07) is 12.8. The minimum atomic E-state index is 0.856. The first-order valence-electron chi connectivity index (χ1n) is 7.73. The molecule has 0 unspecified atom stereocenters. The fourth-order valence-corrected chi connectivity index (χ4v) is 2.35. The van der Waals surface area contributed by atoms with Gasteiger partial charge in [0, 0.05) is 31.0 Å². The molecule has 2 rings (SSSR count). The molecule has 2 aromatic rings. The second-order valence-electron chi connectivity index (χ2n) is 5.24. The summed E-state index contributed by atoms with van der Waals surface area (Å²) in [6.45, 7) is 6.24. The normalized spacial score (nSPS) is 10.6. The Bertz CT molecular complexity index is 549. The lowest BCUT2D eigenvalue weighted by molar-refractivity contribution is 0.673. The van der Waals surface area contributed by atoms with E-state index in [9.17, 15) is 0 Å². The molecule has 1 aromatic heterocycles. The topological polar surface area (TPSA) is 28.2 Å². The molecule has 1 N–H and O–H groups in total. The molecule has 112 valence electrons. The van der Waals surface area contributed by atoms with Crippen LogP contribution in [0.5, 0.6) is 0 Å². The summed E-state index contributed by atoms with van der Waals surface area (Å²) in [7, 11) is 2.08. The van der Waals surface area contributed by atoms with E-state index in [1.165, 1.54) is 16.8 Å². The second-order valence-corrected chi connectivity index (χ2v) is 5.24. The highest BCUT2D eigenvalue weighted by atomic mass is 15.2. The maximum atomic E-state index is 4.56. The number of rotatable bonds is 7. The molecule has 0 aliphatic heterocycles. The van der Waals surface area contributed by atoms with Gasteiger partial charge in [0.2, 0.25) is 0 Å². The second kappa shape index (κ2) is 7.79. The molecule has 0 radical (unpaired) electrons. The molecule has 3 nitrogen and oxygen atoms in total. The first kappa shape index (κ1) is 15.5. The van der Waals surface area contributed by atoms with Crippen LogP contribution in [0.2, 0.25) is 0 Å². The van der Waals surface area contributed by atoms with Crippen molar-refractivity contribution in [1.29, 1.82) is 0 Å². The summed E-state index contributed by atoms with van der Waals surface area (Å²) in [6.07, 6.45) is 4.07. The summed E-state index contributed by atoms with van der Waals surface area (Å²) in [5.41, 5.74) is 3.76. The third-order valence-electron chi connectivity index (χ3n) is 3.66. The zero-order valence-corrected chi connectivity index (χ0v) is 13.3. The Labute approximate surface area is 128 Å². The minimum Gasteiger partial charge on any atom is -0.329 e. The molecule has 21 heavy (non-hydrogen) atoms. The molecule has 0 amide bonds. The Morgan fingerprint density at radius 3 is 2.52 bits per heavy atom. The van der Waals surface area contributed by atoms with Gasteiger partial charge in [0.15, 0.2) is 0 Å². The molecule has 0 bridgehead atoms. The zero-order valence-electron chi connectivity index (χ0n) is 13.3. The number of anilines is 2. The number of hydrogen-bond donors (Lipinski definition) is 1. The molecular weight excluding hydrogens is 258 g/mol. The van der Waals surface area contributed by atoms with Crippen LogP contribution in [-0.2, 0) is 13.0 Å². The van der Waals surface area contributed by atoms with Crippen LogP contribution in [0.1, 0.15) is 31.4 Å². The molecule has 1 aromatic carbocycles. The van der Waals surface area contributed by atoms with Crippen LogP contribution in [0, 0.1) is 0 Å². The van der Waals surface area contributed by atoms with E-state index in [0.29, 0.717) is 0 Å². The Hall–Kier alpha value is -1.87. The van der Waals surface area contributed by atoms with Crippen LogP contribution in [0.15, 0.2) is 42.6 Å². The highest BCUT2D eigenvalue weighted by molar-refractivity contribution is 5.62. The van der Waals surface area contributed by atoms with Crippen molar-refractivity contribution in [3.63, 3.8) is 0 Å². The van der Waals surface area contributed by atoms with Gasteiger partial charge in [-0.25, -0.2) is 4.98 Å². The van der Waals surface area contributed by atoms with E-state index in [1.54, 1.807) is 0 Å². The lowest BCUT2D eigenvalue weighted by Crippen LogP contribution is -2.19. The van der Waals surface area contributed by atoms with Crippen molar-refractivity contribution in [2.24, 2.45) is 0 Å². The number of nitrogens with one attached hydrogen (secondary N) is 1. The highest BCUT2D eigenvalue weighted by Crippen LogP contribution is 2.25. The third-order valence-corrected chi connectivity index (χ3v) is 3.66. The van der Waals surface area contributed by atoms with Crippen molar-refractivity contribution < 1.29 is 0 Å². The maximum absolute atomic E-state index is 4.56. The average molecular weight is 283 g/mol. The van der Waals surface area contributed by atoms with Gasteiger partial charge in [-0.15, -0.1) is 0 Å². The first-order chi connectivity index (χ1) is 10.3. The summed E-state index contributed by atoms with van der Waals surface area (Å²) in [5, 5.41) is 3.45. The van der Waals surface area contributed by atoms with E-state index in [4.69, 9.17) is 0 Å². The molecule has 0 aliphatic carbocycles. The van der Waals surface area contributed by atoms with E-state index in [0.717, 1.165) is 31.7 Å². The van der Waals surface area contributed by atoms with Gasteiger partial charge >= 0.3 is 0 Å². The first-order valence-corrected chi connectivity index (χ1v) is 7.73. The van der Waals surface area contributed by atoms with Crippen molar-refractivity contribution in [1.82, 2.24) is 10.3 Å². The summed E-state index contributed by atoms with van der Waals surface area (Å²) in [5.74, 6) is 1.02. The highest BCUT2D eigenvalue weighted by Gasteiger charge is 2.10. The summed E-state index contributed by atoms with van der Waals surface area (Å²) >= 11 is 0. The van der Waals surface area contributed by atoms with Crippen LogP contribution in [-0.4, -0.2) is 18.6 Å². The number of nitrogens with zero attached hydrogens (tertiary/aromatic N) is 2. The Kier molecular flexibility index (Phi) is 5.76. The Balaban J connectivity index is 2.19. The molecule has 3 heteroatoms. The quantitative estimate of drug-likeness (QED) is 0.781. The molecule has 1 heterocycles. The molecule has 0 fully saturated rings. The van der Waals surface area contributed by atoms with Gasteiger partial charge in [-0.1, -0.05) is 32.0 Å². The average Bonchev–Trinajstić information content (AvgIpc) is 2.55. The van der Waals surface area contributed by atoms with E-state index in [-0.39, 0.29) is 0 Å². The number of aromatic nitrogens is 1. The van der Waals surface area contributed by atoms with Crippen LogP contribution in [0.4, 0.5) is 11.5 Å². The monoisotopic (exact) mass is 283 g/mol. The van der Waals surface area contributed by atoms with E-state index >= 15 is 0 Å². The van der Waals surface area contributed by atoms with Crippen LogP contribution >= 0.6 is 0 Å². The fourth-order valence-electron chi connectivity index (χ4n) is 2.35. The van der Waals surface area contributed by atoms with Crippen molar-refractivity contribution in [3.8, 4) is 0 Å². The lowest BCUT2D eigenvalue weighted by atomic mass is 10.1. The standard InChI is InChI=1S/C18H25N3/c1-4-12-19-14-16-7-6-13-20-18(16)21(3)17-10-8-15(5-2)9-11-17/h6-11,13,19H,4-5,12,14H2,1-3H3. The van der Waals surface area contributed by atoms with E-state index in [1.807, 2.05) is 12.3 Å². The van der Waals surface area contributed by atoms with Gasteiger partial charge in [-0.3, -0.25) is 0 Å². The minimum absolute atomic E-state index is 0.856. The van der Waals surface area contributed by atoms with Gasteiger partial charge in [0.1, 0.15) is 5.82 Å². The van der Waals surface area contributed by atoms with Crippen molar-refractivity contribution >= 4 is 11.5 Å². The van der Waals surface area contributed by atoms with E-state index in [2.05, 4.69) is 66.4 Å². The molecule has 0 spiro atoms. The Morgan fingerprint density at radius 2 is 1.86 bits per heavy atom. The molecule has 0 aliphatic rings. The smallest absolute Gasteiger partial charge is 0.137 e. The third kappa shape index (κ3) is 4.05. The molecule has 0 atom stereocenters. The van der Waals surface area contributed by atoms with Gasteiger partial charge in [0.05, 0.1) is 0 Å². The van der Waals surface area contributed by atoms with Gasteiger partial charge < -0.3 is 10.2 Å². The van der Waals surface area contributed by atoms with Crippen LogP contribution in [0.25, 0.3) is 0 Å². The molecule has 0 saturated heterocycles. The summed E-state index contributed by atoms with van der Waals surface area (Å²) < 4.78 is 0. The summed E-state index contributed by atoms with van der Waals surface area (Å²) in [4.78, 5) is 6.72. The van der Waals surface area contributed by atoms with Crippen LogP contribution in [0.3, 0.4) is 0 Å². The predicted molar refractivity (Wildman–Crippen MR) is 90.1 cm³/mol. The van der Waals surface area contributed by atoms with Gasteiger partial charge in [-0.05, 0) is 43.1 Å². The van der Waals surface area contributed by atoms with E-state index < -0.39 is 0 Å². The number of pyridine rings is 1. The number of aryl methyl sites for hydroxylation is 1. The van der Waals surface area contributed by atoms with Gasteiger partial charge in [-0.2, -0.15) is 0 Å². The molecular formula is C18H25N3. The van der Waals surface area contributed by atoms with Crippen molar-refractivity contribution in [2.45, 2.75) is 33.2 Å². The lowest BCUT2D eigenvalue weighted by Gasteiger charge is -2.21. The van der Waals surface area contributed by atoms with Gasteiger partial charge in [0.25, 0.3) is 0 Å². The molecule has 0 saturated carbocycles. The fraction of sp³-hybridized carbons (Fsp3) is 0.389. The van der Waals surface area contributed by atoms with Crippen LogP contribution < -0.4 is 10.2 Å². The zero-order chi connectivity index (χ0) is 15.1. The SMILES string of the molecule is CCCNCc1cccnc1N(C)c1ccc(CC)cc1. The van der Waals surface area contributed by atoms with Crippen molar-refractivity contribution in [3.05, 3.63) is 53.7 Å². The largest absolute Gasteiger partial charge is 0.329 e. The Morgan fingerprint density at radius 1 is 1.10 bits per heavy atom.